The number of rotatable bonds is 2. The molecule has 0 fully saturated rings. The molecule has 0 radical (unpaired) electrons. The SMILES string of the molecule is CC1(C)c2ccc(-c3ccc(-c4ccccc4)nn3)cc2Sc2c(C#N)cccc21. The molecular formula is C26H19N3S. The molecule has 1 aliphatic heterocycles. The highest BCUT2D eigenvalue weighted by Crippen LogP contribution is 2.50. The number of benzene rings is 3. The van der Waals surface area contributed by atoms with Crippen LogP contribution in [0.5, 0.6) is 0 Å². The van der Waals surface area contributed by atoms with Gasteiger partial charge in [-0.1, -0.05) is 80.2 Å². The molecule has 4 heteroatoms. The summed E-state index contributed by atoms with van der Waals surface area (Å²) < 4.78 is 0. The van der Waals surface area contributed by atoms with Crippen LogP contribution >= 0.6 is 11.8 Å². The Morgan fingerprint density at radius 1 is 0.767 bits per heavy atom. The Balaban J connectivity index is 1.55. The van der Waals surface area contributed by atoms with Crippen molar-refractivity contribution in [3.8, 4) is 28.6 Å². The molecule has 1 aromatic heterocycles. The number of fused-ring (bicyclic) bond motifs is 2. The summed E-state index contributed by atoms with van der Waals surface area (Å²) in [7, 11) is 0. The van der Waals surface area contributed by atoms with E-state index in [0.717, 1.165) is 33.0 Å². The second-order valence-electron chi connectivity index (χ2n) is 7.90. The zero-order chi connectivity index (χ0) is 20.7. The first-order valence-electron chi connectivity index (χ1n) is 9.83. The van der Waals surface area contributed by atoms with Gasteiger partial charge in [0, 0.05) is 26.3 Å². The molecule has 3 aromatic carbocycles. The van der Waals surface area contributed by atoms with E-state index in [4.69, 9.17) is 0 Å². The van der Waals surface area contributed by atoms with Gasteiger partial charge in [0.15, 0.2) is 0 Å². The van der Waals surface area contributed by atoms with E-state index in [2.05, 4.69) is 54.4 Å². The van der Waals surface area contributed by atoms with Crippen molar-refractivity contribution in [2.75, 3.05) is 0 Å². The topological polar surface area (TPSA) is 49.6 Å². The molecule has 0 saturated carbocycles. The maximum Gasteiger partial charge on any atom is 0.100 e. The normalized spacial score (nSPS) is 13.8. The summed E-state index contributed by atoms with van der Waals surface area (Å²) in [5.41, 5.74) is 6.84. The maximum absolute atomic E-state index is 9.58. The Kier molecular flexibility index (Phi) is 4.42. The Hall–Kier alpha value is -3.42. The smallest absolute Gasteiger partial charge is 0.100 e. The fraction of sp³-hybridized carbons (Fsp3) is 0.115. The van der Waals surface area contributed by atoms with Crippen LogP contribution in [0.4, 0.5) is 0 Å². The molecule has 5 rings (SSSR count). The Morgan fingerprint density at radius 2 is 1.50 bits per heavy atom. The first kappa shape index (κ1) is 18.6. The molecule has 0 amide bonds. The molecule has 0 spiro atoms. The van der Waals surface area contributed by atoms with E-state index in [1.165, 1.54) is 16.0 Å². The van der Waals surface area contributed by atoms with Crippen LogP contribution in [0.1, 0.15) is 30.5 Å². The number of nitriles is 1. The van der Waals surface area contributed by atoms with Gasteiger partial charge in [-0.3, -0.25) is 0 Å². The van der Waals surface area contributed by atoms with Crippen LogP contribution in [0.3, 0.4) is 0 Å². The van der Waals surface area contributed by atoms with Gasteiger partial charge in [-0.05, 0) is 35.4 Å². The first-order valence-corrected chi connectivity index (χ1v) is 10.6. The number of nitrogens with zero attached hydrogens (tertiary/aromatic N) is 3. The van der Waals surface area contributed by atoms with Crippen molar-refractivity contribution in [2.45, 2.75) is 29.1 Å². The molecule has 0 N–H and O–H groups in total. The molecule has 2 heterocycles. The van der Waals surface area contributed by atoms with Crippen LogP contribution < -0.4 is 0 Å². The van der Waals surface area contributed by atoms with Gasteiger partial charge in [-0.25, -0.2) is 0 Å². The third-order valence-electron chi connectivity index (χ3n) is 5.71. The van der Waals surface area contributed by atoms with E-state index in [9.17, 15) is 5.26 Å². The predicted octanol–water partition coefficient (Wildman–Crippen LogP) is 6.47. The monoisotopic (exact) mass is 405 g/mol. The number of hydrogen-bond donors (Lipinski definition) is 0. The van der Waals surface area contributed by atoms with Gasteiger partial charge in [0.05, 0.1) is 17.0 Å². The highest BCUT2D eigenvalue weighted by Gasteiger charge is 2.34. The van der Waals surface area contributed by atoms with Crippen molar-refractivity contribution in [2.24, 2.45) is 0 Å². The van der Waals surface area contributed by atoms with Gasteiger partial charge in [0.1, 0.15) is 6.07 Å². The minimum absolute atomic E-state index is 0.163. The summed E-state index contributed by atoms with van der Waals surface area (Å²) in [6.45, 7) is 4.44. The van der Waals surface area contributed by atoms with Crippen molar-refractivity contribution in [1.82, 2.24) is 10.2 Å². The van der Waals surface area contributed by atoms with Crippen molar-refractivity contribution in [3.63, 3.8) is 0 Å². The predicted molar refractivity (Wildman–Crippen MR) is 120 cm³/mol. The van der Waals surface area contributed by atoms with E-state index in [1.807, 2.05) is 54.6 Å². The third-order valence-corrected chi connectivity index (χ3v) is 6.91. The summed E-state index contributed by atoms with van der Waals surface area (Å²) >= 11 is 1.67. The summed E-state index contributed by atoms with van der Waals surface area (Å²) in [5.74, 6) is 0. The van der Waals surface area contributed by atoms with E-state index in [1.54, 1.807) is 11.8 Å². The molecule has 0 atom stereocenters. The lowest BCUT2D eigenvalue weighted by atomic mass is 9.77. The molecule has 4 aromatic rings. The minimum Gasteiger partial charge on any atom is -0.192 e. The lowest BCUT2D eigenvalue weighted by Gasteiger charge is -2.35. The second kappa shape index (κ2) is 7.12. The lowest BCUT2D eigenvalue weighted by molar-refractivity contribution is 0.607. The highest BCUT2D eigenvalue weighted by atomic mass is 32.2. The first-order chi connectivity index (χ1) is 14.6. The molecule has 144 valence electrons. The van der Waals surface area contributed by atoms with Crippen LogP contribution in [-0.4, -0.2) is 10.2 Å². The highest BCUT2D eigenvalue weighted by molar-refractivity contribution is 7.99. The van der Waals surface area contributed by atoms with Crippen LogP contribution in [0, 0.1) is 11.3 Å². The summed E-state index contributed by atoms with van der Waals surface area (Å²) in [6.07, 6.45) is 0. The fourth-order valence-corrected chi connectivity index (χ4v) is 5.51. The molecular weight excluding hydrogens is 386 g/mol. The second-order valence-corrected chi connectivity index (χ2v) is 8.95. The van der Waals surface area contributed by atoms with Gasteiger partial charge in [0.2, 0.25) is 0 Å². The van der Waals surface area contributed by atoms with Crippen molar-refractivity contribution in [1.29, 1.82) is 5.26 Å². The van der Waals surface area contributed by atoms with Crippen molar-refractivity contribution >= 4 is 11.8 Å². The Morgan fingerprint density at radius 3 is 2.20 bits per heavy atom. The quantitative estimate of drug-likeness (QED) is 0.383. The van der Waals surface area contributed by atoms with Crippen LogP contribution in [0.15, 0.2) is 88.7 Å². The molecule has 1 aliphatic rings. The molecule has 0 unspecified atom stereocenters. The summed E-state index contributed by atoms with van der Waals surface area (Å²) in [4.78, 5) is 2.22. The molecule has 0 bridgehead atoms. The van der Waals surface area contributed by atoms with Crippen LogP contribution in [0.25, 0.3) is 22.5 Å². The number of aromatic nitrogens is 2. The third kappa shape index (κ3) is 2.99. The van der Waals surface area contributed by atoms with E-state index in [-0.39, 0.29) is 5.41 Å². The summed E-state index contributed by atoms with van der Waals surface area (Å²) in [6, 6.07) is 28.9. The fourth-order valence-electron chi connectivity index (χ4n) is 4.01. The van der Waals surface area contributed by atoms with Gasteiger partial charge < -0.3 is 0 Å². The zero-order valence-electron chi connectivity index (χ0n) is 16.8. The zero-order valence-corrected chi connectivity index (χ0v) is 17.6. The van der Waals surface area contributed by atoms with Gasteiger partial charge in [-0.15, -0.1) is 10.2 Å². The van der Waals surface area contributed by atoms with E-state index in [0.29, 0.717) is 0 Å². The van der Waals surface area contributed by atoms with Crippen molar-refractivity contribution < 1.29 is 0 Å². The average Bonchev–Trinajstić information content (AvgIpc) is 2.79. The molecule has 0 saturated heterocycles. The molecule has 0 aliphatic carbocycles. The molecule has 30 heavy (non-hydrogen) atoms. The largest absolute Gasteiger partial charge is 0.192 e. The van der Waals surface area contributed by atoms with E-state index < -0.39 is 0 Å². The van der Waals surface area contributed by atoms with E-state index >= 15 is 0 Å². The summed E-state index contributed by atoms with van der Waals surface area (Å²) in [5, 5.41) is 18.5. The van der Waals surface area contributed by atoms with Crippen molar-refractivity contribution in [3.05, 3.63) is 95.6 Å². The standard InChI is InChI=1S/C26H19N3S/c1-26(2)20-12-11-18(15-24(20)30-25-19(16-27)9-6-10-21(25)26)23-14-13-22(28-29-23)17-7-4-3-5-8-17/h3-15H,1-2H3. The Bertz CT molecular complexity index is 1290. The van der Waals surface area contributed by atoms with Gasteiger partial charge in [-0.2, -0.15) is 5.26 Å². The lowest BCUT2D eigenvalue weighted by Crippen LogP contribution is -2.24. The van der Waals surface area contributed by atoms with Gasteiger partial charge >= 0.3 is 0 Å². The van der Waals surface area contributed by atoms with Gasteiger partial charge in [0.25, 0.3) is 0 Å². The molecule has 3 nitrogen and oxygen atoms in total. The Labute approximate surface area is 180 Å². The minimum atomic E-state index is -0.163. The van der Waals surface area contributed by atoms with Crippen LogP contribution in [0.2, 0.25) is 0 Å². The average molecular weight is 406 g/mol. The number of hydrogen-bond acceptors (Lipinski definition) is 4. The van der Waals surface area contributed by atoms with Crippen LogP contribution in [-0.2, 0) is 5.41 Å². The maximum atomic E-state index is 9.58.